The van der Waals surface area contributed by atoms with Gasteiger partial charge >= 0.3 is 0 Å². The predicted molar refractivity (Wildman–Crippen MR) is 117 cm³/mol. The van der Waals surface area contributed by atoms with Gasteiger partial charge in [-0.3, -0.25) is 4.79 Å². The van der Waals surface area contributed by atoms with Gasteiger partial charge in [-0.25, -0.2) is 4.68 Å². The van der Waals surface area contributed by atoms with Crippen molar-refractivity contribution in [2.75, 3.05) is 17.8 Å². The van der Waals surface area contributed by atoms with Crippen LogP contribution in [0.25, 0.3) is 5.69 Å². The van der Waals surface area contributed by atoms with E-state index in [1.165, 1.54) is 5.56 Å². The van der Waals surface area contributed by atoms with E-state index in [0.29, 0.717) is 28.6 Å². The molecular weight excluding hydrogens is 404 g/mol. The maximum absolute atomic E-state index is 13.1. The standard InChI is InChI=1S/C22H22N4O3.ClH/c1-12-6-7-17(13(2)8-12)26-18-5-3-4-14(18)21(25-26)22(27)24-16-10-20-19(9-15(16)23)28-11-29-20;/h6-10H,3-5,11,23H2,1-2H3,(H,24,27);1H. The van der Waals surface area contributed by atoms with E-state index in [2.05, 4.69) is 37.4 Å². The highest BCUT2D eigenvalue weighted by atomic mass is 35.5. The fourth-order valence-electron chi connectivity index (χ4n) is 4.11. The van der Waals surface area contributed by atoms with Crippen molar-refractivity contribution in [2.45, 2.75) is 33.1 Å². The highest BCUT2D eigenvalue weighted by molar-refractivity contribution is 6.06. The lowest BCUT2D eigenvalue weighted by Gasteiger charge is -2.10. The van der Waals surface area contributed by atoms with Crippen molar-refractivity contribution in [3.05, 3.63) is 58.4 Å². The highest BCUT2D eigenvalue weighted by Crippen LogP contribution is 2.38. The molecule has 2 aliphatic rings. The van der Waals surface area contributed by atoms with Gasteiger partial charge in [0.25, 0.3) is 5.91 Å². The molecule has 0 unspecified atom stereocenters. The number of halogens is 1. The SMILES string of the molecule is Cc1ccc(-n2nc(C(=O)Nc3cc4c(cc3N)OCO4)c3c2CCC3)c(C)c1.Cl. The molecule has 0 saturated carbocycles. The van der Waals surface area contributed by atoms with Gasteiger partial charge in [0.05, 0.1) is 17.1 Å². The molecule has 1 aliphatic carbocycles. The second kappa shape index (κ2) is 7.57. The third kappa shape index (κ3) is 3.25. The zero-order chi connectivity index (χ0) is 20.1. The summed E-state index contributed by atoms with van der Waals surface area (Å²) < 4.78 is 12.6. The zero-order valence-corrected chi connectivity index (χ0v) is 17.6. The van der Waals surface area contributed by atoms with Gasteiger partial charge in [-0.1, -0.05) is 17.7 Å². The summed E-state index contributed by atoms with van der Waals surface area (Å²) in [6, 6.07) is 9.62. The van der Waals surface area contributed by atoms with Crippen LogP contribution in [0.15, 0.2) is 30.3 Å². The number of fused-ring (bicyclic) bond motifs is 2. The van der Waals surface area contributed by atoms with E-state index in [1.807, 2.05) is 4.68 Å². The number of hydrogen-bond donors (Lipinski definition) is 2. The Morgan fingerprint density at radius 1 is 1.13 bits per heavy atom. The van der Waals surface area contributed by atoms with E-state index < -0.39 is 0 Å². The average molecular weight is 427 g/mol. The molecule has 0 bridgehead atoms. The molecule has 1 amide bonds. The van der Waals surface area contributed by atoms with Crippen molar-refractivity contribution in [3.8, 4) is 17.2 Å². The minimum absolute atomic E-state index is 0. The van der Waals surface area contributed by atoms with Gasteiger partial charge in [0.15, 0.2) is 17.2 Å². The van der Waals surface area contributed by atoms with Crippen LogP contribution >= 0.6 is 12.4 Å². The summed E-state index contributed by atoms with van der Waals surface area (Å²) in [7, 11) is 0. The molecule has 5 rings (SSSR count). The number of nitrogens with one attached hydrogen (secondary N) is 1. The first-order chi connectivity index (χ1) is 14.0. The molecule has 2 heterocycles. The van der Waals surface area contributed by atoms with Gasteiger partial charge in [-0.2, -0.15) is 5.10 Å². The Hall–Kier alpha value is -3.19. The molecule has 0 atom stereocenters. The van der Waals surface area contributed by atoms with Crippen LogP contribution in [0.1, 0.15) is 39.3 Å². The van der Waals surface area contributed by atoms with Crippen molar-refractivity contribution in [2.24, 2.45) is 0 Å². The van der Waals surface area contributed by atoms with E-state index in [1.54, 1.807) is 12.1 Å². The van der Waals surface area contributed by atoms with Crippen molar-refractivity contribution in [3.63, 3.8) is 0 Å². The number of nitrogens with zero attached hydrogens (tertiary/aromatic N) is 2. The number of carbonyl (C=O) groups excluding carboxylic acids is 1. The largest absolute Gasteiger partial charge is 0.454 e. The molecule has 8 heteroatoms. The Morgan fingerprint density at radius 2 is 1.90 bits per heavy atom. The third-order valence-corrected chi connectivity index (χ3v) is 5.52. The first kappa shape index (κ1) is 20.1. The number of rotatable bonds is 3. The van der Waals surface area contributed by atoms with Gasteiger partial charge in [0, 0.05) is 23.4 Å². The summed E-state index contributed by atoms with van der Waals surface area (Å²) in [5.74, 6) is 0.887. The van der Waals surface area contributed by atoms with E-state index in [4.69, 9.17) is 20.3 Å². The van der Waals surface area contributed by atoms with E-state index in [9.17, 15) is 4.79 Å². The second-order valence-corrected chi connectivity index (χ2v) is 7.58. The van der Waals surface area contributed by atoms with Crippen LogP contribution in [0, 0.1) is 13.8 Å². The van der Waals surface area contributed by atoms with E-state index >= 15 is 0 Å². The quantitative estimate of drug-likeness (QED) is 0.618. The van der Waals surface area contributed by atoms with Gasteiger partial charge in [-0.15, -0.1) is 12.4 Å². The Bertz CT molecular complexity index is 1160. The first-order valence-electron chi connectivity index (χ1n) is 9.70. The maximum atomic E-state index is 13.1. The second-order valence-electron chi connectivity index (χ2n) is 7.58. The molecule has 30 heavy (non-hydrogen) atoms. The summed E-state index contributed by atoms with van der Waals surface area (Å²) in [5.41, 5.74) is 12.9. The van der Waals surface area contributed by atoms with Crippen LogP contribution in [-0.4, -0.2) is 22.5 Å². The third-order valence-electron chi connectivity index (χ3n) is 5.52. The van der Waals surface area contributed by atoms with Crippen LogP contribution in [0.4, 0.5) is 11.4 Å². The molecule has 1 aliphatic heterocycles. The number of aromatic nitrogens is 2. The Labute approximate surface area is 180 Å². The summed E-state index contributed by atoms with van der Waals surface area (Å²) in [6.45, 7) is 4.29. The van der Waals surface area contributed by atoms with Gasteiger partial charge in [0.1, 0.15) is 0 Å². The molecule has 7 nitrogen and oxygen atoms in total. The van der Waals surface area contributed by atoms with Crippen LogP contribution in [0.5, 0.6) is 11.5 Å². The smallest absolute Gasteiger partial charge is 0.276 e. The highest BCUT2D eigenvalue weighted by Gasteiger charge is 2.28. The van der Waals surface area contributed by atoms with E-state index in [-0.39, 0.29) is 25.1 Å². The molecule has 3 aromatic rings. The predicted octanol–water partition coefficient (Wildman–Crippen LogP) is 3.96. The van der Waals surface area contributed by atoms with Crippen LogP contribution in [-0.2, 0) is 12.8 Å². The number of hydrogen-bond acceptors (Lipinski definition) is 5. The first-order valence-corrected chi connectivity index (χ1v) is 9.70. The van der Waals surface area contributed by atoms with Crippen molar-refractivity contribution >= 4 is 29.7 Å². The molecule has 1 aromatic heterocycles. The zero-order valence-electron chi connectivity index (χ0n) is 16.8. The minimum Gasteiger partial charge on any atom is -0.454 e. The average Bonchev–Trinajstić information content (AvgIpc) is 3.38. The fourth-order valence-corrected chi connectivity index (χ4v) is 4.11. The summed E-state index contributed by atoms with van der Waals surface area (Å²) >= 11 is 0. The molecule has 0 saturated heterocycles. The summed E-state index contributed by atoms with van der Waals surface area (Å²) in [4.78, 5) is 13.1. The molecule has 0 radical (unpaired) electrons. The van der Waals surface area contributed by atoms with Crippen LogP contribution < -0.4 is 20.5 Å². The Balaban J connectivity index is 0.00000218. The van der Waals surface area contributed by atoms with E-state index in [0.717, 1.165) is 41.8 Å². The lowest BCUT2D eigenvalue weighted by atomic mass is 10.1. The summed E-state index contributed by atoms with van der Waals surface area (Å²) in [6.07, 6.45) is 2.78. The molecule has 3 N–H and O–H groups in total. The van der Waals surface area contributed by atoms with Crippen LogP contribution in [0.3, 0.4) is 0 Å². The number of anilines is 2. The number of ether oxygens (including phenoxy) is 2. The molecular formula is C22H23ClN4O3. The Kier molecular flexibility index (Phi) is 5.07. The van der Waals surface area contributed by atoms with Gasteiger partial charge < -0.3 is 20.5 Å². The van der Waals surface area contributed by atoms with Crippen LogP contribution in [0.2, 0.25) is 0 Å². The Morgan fingerprint density at radius 3 is 2.67 bits per heavy atom. The topological polar surface area (TPSA) is 91.4 Å². The lowest BCUT2D eigenvalue weighted by molar-refractivity contribution is 0.102. The van der Waals surface area contributed by atoms with Gasteiger partial charge in [0.2, 0.25) is 6.79 Å². The van der Waals surface area contributed by atoms with Crippen molar-refractivity contribution in [1.29, 1.82) is 0 Å². The lowest BCUT2D eigenvalue weighted by Crippen LogP contribution is -2.16. The number of amides is 1. The monoisotopic (exact) mass is 426 g/mol. The van der Waals surface area contributed by atoms with Crippen molar-refractivity contribution < 1.29 is 14.3 Å². The molecule has 0 fully saturated rings. The molecule has 2 aromatic carbocycles. The number of nitrogens with two attached hydrogens (primary N) is 1. The minimum atomic E-state index is -0.266. The number of benzene rings is 2. The fraction of sp³-hybridized carbons (Fsp3) is 0.273. The number of aryl methyl sites for hydroxylation is 2. The van der Waals surface area contributed by atoms with Crippen molar-refractivity contribution in [1.82, 2.24) is 9.78 Å². The number of carbonyl (C=O) groups is 1. The molecule has 0 spiro atoms. The van der Waals surface area contributed by atoms with Gasteiger partial charge in [-0.05, 0) is 44.7 Å². The normalized spacial score (nSPS) is 13.7. The maximum Gasteiger partial charge on any atom is 0.276 e. The summed E-state index contributed by atoms with van der Waals surface area (Å²) in [5, 5.41) is 7.60. The molecule has 156 valence electrons. The number of nitrogen functional groups attached to an aromatic ring is 1.